The van der Waals surface area contributed by atoms with Crippen LogP contribution in [-0.4, -0.2) is 23.7 Å². The smallest absolute Gasteiger partial charge is 0.236 e. The average molecular weight is 162 g/mol. The number of hydrogen-bond acceptors (Lipinski definition) is 3. The lowest BCUT2D eigenvalue weighted by Gasteiger charge is -2.12. The van der Waals surface area contributed by atoms with Crippen LogP contribution in [0.4, 0.5) is 0 Å². The van der Waals surface area contributed by atoms with Gasteiger partial charge in [0.15, 0.2) is 0 Å². The zero-order valence-electron chi connectivity index (χ0n) is 6.29. The summed E-state index contributed by atoms with van der Waals surface area (Å²) in [6.07, 6.45) is 0. The minimum atomic E-state index is -0.428. The molecule has 0 rings (SSSR count). The van der Waals surface area contributed by atoms with E-state index in [0.717, 1.165) is 0 Å². The maximum Gasteiger partial charge on any atom is 0.236 e. The fourth-order valence-electron chi connectivity index (χ4n) is 0.420. The molecule has 0 aliphatic heterocycles. The highest BCUT2D eigenvalue weighted by molar-refractivity contribution is 7.80. The molecule has 0 aromatic rings. The first kappa shape index (κ1) is 9.78. The molecule has 60 valence electrons. The van der Waals surface area contributed by atoms with Crippen molar-refractivity contribution in [1.82, 2.24) is 5.32 Å². The molecule has 0 saturated heterocycles. The van der Waals surface area contributed by atoms with E-state index in [1.54, 1.807) is 6.92 Å². The van der Waals surface area contributed by atoms with Gasteiger partial charge in [0, 0.05) is 11.8 Å². The molecular formula is C6H14N2OS. The molecule has 0 saturated carbocycles. The topological polar surface area (TPSA) is 55.1 Å². The molecule has 0 aliphatic carbocycles. The number of nitrogens with two attached hydrogens (primary N) is 1. The minimum Gasteiger partial charge on any atom is -0.351 e. The number of carbonyl (C=O) groups excluding carboxylic acids is 1. The van der Waals surface area contributed by atoms with Crippen LogP contribution in [0, 0.1) is 0 Å². The second-order valence-corrected chi connectivity index (χ2v) is 2.75. The first-order valence-corrected chi connectivity index (χ1v) is 3.88. The van der Waals surface area contributed by atoms with Crippen molar-refractivity contribution < 1.29 is 4.79 Å². The number of amides is 1. The summed E-state index contributed by atoms with van der Waals surface area (Å²) in [4.78, 5) is 10.8. The highest BCUT2D eigenvalue weighted by Gasteiger charge is 2.08. The van der Waals surface area contributed by atoms with Crippen LogP contribution >= 0.6 is 12.6 Å². The predicted octanol–water partition coefficient (Wildman–Crippen LogP) is -0.232. The van der Waals surface area contributed by atoms with Crippen LogP contribution in [0.2, 0.25) is 0 Å². The SMILES string of the molecule is C[C@H](CS)NC(=O)[C@H](C)N. The number of nitrogens with one attached hydrogen (secondary N) is 1. The fourth-order valence-corrected chi connectivity index (χ4v) is 0.511. The van der Waals surface area contributed by atoms with Crippen molar-refractivity contribution in [3.63, 3.8) is 0 Å². The van der Waals surface area contributed by atoms with Gasteiger partial charge in [0.2, 0.25) is 5.91 Å². The standard InChI is InChI=1S/C6H14N2OS/c1-4(3-10)8-6(9)5(2)7/h4-5,10H,3,7H2,1-2H3,(H,8,9)/t4-,5+/m1/s1. The van der Waals surface area contributed by atoms with Crippen LogP contribution in [0.1, 0.15) is 13.8 Å². The van der Waals surface area contributed by atoms with Gasteiger partial charge in [-0.15, -0.1) is 0 Å². The van der Waals surface area contributed by atoms with Gasteiger partial charge in [-0.1, -0.05) is 0 Å². The summed E-state index contributed by atoms with van der Waals surface area (Å²) in [5.41, 5.74) is 5.30. The third-order valence-corrected chi connectivity index (χ3v) is 1.62. The number of hydrogen-bond donors (Lipinski definition) is 3. The van der Waals surface area contributed by atoms with Gasteiger partial charge in [0.1, 0.15) is 0 Å². The van der Waals surface area contributed by atoms with Crippen molar-refractivity contribution in [2.75, 3.05) is 5.75 Å². The maximum atomic E-state index is 10.8. The Morgan fingerprint density at radius 1 is 1.70 bits per heavy atom. The normalized spacial score (nSPS) is 16.0. The van der Waals surface area contributed by atoms with E-state index in [1.165, 1.54) is 0 Å². The summed E-state index contributed by atoms with van der Waals surface area (Å²) in [6.45, 7) is 3.54. The quantitative estimate of drug-likeness (QED) is 0.502. The lowest BCUT2D eigenvalue weighted by atomic mass is 10.3. The molecule has 3 N–H and O–H groups in total. The van der Waals surface area contributed by atoms with Crippen LogP contribution < -0.4 is 11.1 Å². The molecule has 2 atom stereocenters. The van der Waals surface area contributed by atoms with Gasteiger partial charge >= 0.3 is 0 Å². The Labute approximate surface area is 66.8 Å². The largest absolute Gasteiger partial charge is 0.351 e. The molecule has 10 heavy (non-hydrogen) atoms. The summed E-state index contributed by atoms with van der Waals surface area (Å²) in [5.74, 6) is 0.514. The third-order valence-electron chi connectivity index (χ3n) is 1.08. The fraction of sp³-hybridized carbons (Fsp3) is 0.833. The number of thiol groups is 1. The molecule has 0 heterocycles. The molecule has 0 unspecified atom stereocenters. The monoisotopic (exact) mass is 162 g/mol. The summed E-state index contributed by atoms with van der Waals surface area (Å²) in [6, 6.07) is -0.329. The Balaban J connectivity index is 3.57. The molecule has 1 amide bonds. The molecule has 0 aromatic carbocycles. The van der Waals surface area contributed by atoms with Crippen molar-refractivity contribution in [3.05, 3.63) is 0 Å². The molecule has 0 radical (unpaired) electrons. The summed E-state index contributed by atoms with van der Waals surface area (Å²) in [5, 5.41) is 2.69. The number of rotatable bonds is 3. The van der Waals surface area contributed by atoms with Gasteiger partial charge in [-0.05, 0) is 13.8 Å². The molecule has 0 aromatic heterocycles. The first-order valence-electron chi connectivity index (χ1n) is 3.24. The van der Waals surface area contributed by atoms with Crippen LogP contribution in [0.3, 0.4) is 0 Å². The van der Waals surface area contributed by atoms with E-state index in [4.69, 9.17) is 5.73 Å². The van der Waals surface area contributed by atoms with Gasteiger partial charge in [0.05, 0.1) is 6.04 Å². The van der Waals surface area contributed by atoms with Crippen LogP contribution in [0.25, 0.3) is 0 Å². The van der Waals surface area contributed by atoms with E-state index in [1.807, 2.05) is 6.92 Å². The lowest BCUT2D eigenvalue weighted by Crippen LogP contribution is -2.43. The van der Waals surface area contributed by atoms with E-state index in [2.05, 4.69) is 17.9 Å². The summed E-state index contributed by atoms with van der Waals surface area (Å²) in [7, 11) is 0. The molecule has 3 nitrogen and oxygen atoms in total. The van der Waals surface area contributed by atoms with E-state index in [0.29, 0.717) is 5.75 Å². The Bertz CT molecular complexity index is 116. The van der Waals surface area contributed by atoms with Crippen LogP contribution in [0.15, 0.2) is 0 Å². The Hall–Kier alpha value is -0.220. The van der Waals surface area contributed by atoms with Gasteiger partial charge < -0.3 is 11.1 Å². The average Bonchev–Trinajstić information content (AvgIpc) is 1.87. The van der Waals surface area contributed by atoms with Crippen molar-refractivity contribution in [3.8, 4) is 0 Å². The van der Waals surface area contributed by atoms with Crippen LogP contribution in [-0.2, 0) is 4.79 Å². The van der Waals surface area contributed by atoms with E-state index in [-0.39, 0.29) is 11.9 Å². The van der Waals surface area contributed by atoms with E-state index >= 15 is 0 Å². The summed E-state index contributed by atoms with van der Waals surface area (Å²) >= 11 is 4.00. The first-order chi connectivity index (χ1) is 4.57. The zero-order valence-corrected chi connectivity index (χ0v) is 7.19. The van der Waals surface area contributed by atoms with Crippen LogP contribution in [0.5, 0.6) is 0 Å². The van der Waals surface area contributed by atoms with Crippen molar-refractivity contribution in [1.29, 1.82) is 0 Å². The molecule has 0 fully saturated rings. The highest BCUT2D eigenvalue weighted by Crippen LogP contribution is 1.85. The second-order valence-electron chi connectivity index (χ2n) is 2.38. The van der Waals surface area contributed by atoms with Crippen molar-refractivity contribution in [2.24, 2.45) is 5.73 Å². The van der Waals surface area contributed by atoms with Gasteiger partial charge in [-0.3, -0.25) is 4.79 Å². The van der Waals surface area contributed by atoms with Gasteiger partial charge in [-0.25, -0.2) is 0 Å². The second kappa shape index (κ2) is 4.57. The van der Waals surface area contributed by atoms with Gasteiger partial charge in [-0.2, -0.15) is 12.6 Å². The maximum absolute atomic E-state index is 10.8. The predicted molar refractivity (Wildman–Crippen MR) is 45.1 cm³/mol. The Kier molecular flexibility index (Phi) is 4.47. The number of carbonyl (C=O) groups is 1. The molecule has 0 aliphatic rings. The molecule has 4 heteroatoms. The highest BCUT2D eigenvalue weighted by atomic mass is 32.1. The zero-order chi connectivity index (χ0) is 8.15. The lowest BCUT2D eigenvalue weighted by molar-refractivity contribution is -0.122. The van der Waals surface area contributed by atoms with E-state index < -0.39 is 6.04 Å². The third kappa shape index (κ3) is 3.74. The van der Waals surface area contributed by atoms with Crippen molar-refractivity contribution in [2.45, 2.75) is 25.9 Å². The molecule has 0 spiro atoms. The Morgan fingerprint density at radius 3 is 2.50 bits per heavy atom. The minimum absolute atomic E-state index is 0.0989. The Morgan fingerprint density at radius 2 is 2.20 bits per heavy atom. The summed E-state index contributed by atoms with van der Waals surface area (Å²) < 4.78 is 0. The van der Waals surface area contributed by atoms with Gasteiger partial charge in [0.25, 0.3) is 0 Å². The van der Waals surface area contributed by atoms with E-state index in [9.17, 15) is 4.79 Å². The molecular weight excluding hydrogens is 148 g/mol. The van der Waals surface area contributed by atoms with Crippen molar-refractivity contribution >= 4 is 18.5 Å². The molecule has 0 bridgehead atoms.